The van der Waals surface area contributed by atoms with Crippen molar-refractivity contribution in [2.24, 2.45) is 11.7 Å². The summed E-state index contributed by atoms with van der Waals surface area (Å²) >= 11 is 0. The van der Waals surface area contributed by atoms with E-state index in [9.17, 15) is 5.11 Å². The molecule has 0 aromatic carbocycles. The summed E-state index contributed by atoms with van der Waals surface area (Å²) in [6.07, 6.45) is 2.01. The number of pyridine rings is 1. The van der Waals surface area contributed by atoms with E-state index in [1.807, 2.05) is 12.1 Å². The Morgan fingerprint density at radius 1 is 1.43 bits per heavy atom. The van der Waals surface area contributed by atoms with Gasteiger partial charge in [-0.25, -0.2) is 0 Å². The number of hydrogen-bond donors (Lipinski definition) is 2. The minimum atomic E-state index is -0.457. The molecule has 3 heteroatoms. The van der Waals surface area contributed by atoms with E-state index < -0.39 is 6.10 Å². The fourth-order valence-corrected chi connectivity index (χ4v) is 1.32. The van der Waals surface area contributed by atoms with Crippen molar-refractivity contribution in [3.63, 3.8) is 0 Å². The zero-order valence-electron chi connectivity index (χ0n) is 8.77. The first-order valence-electron chi connectivity index (χ1n) is 4.96. The predicted molar refractivity (Wildman–Crippen MR) is 56.5 cm³/mol. The number of hydrogen-bond acceptors (Lipinski definition) is 3. The average Bonchev–Trinajstić information content (AvgIpc) is 2.17. The maximum absolute atomic E-state index is 9.76. The average molecular weight is 194 g/mol. The van der Waals surface area contributed by atoms with Crippen LogP contribution in [-0.4, -0.2) is 10.1 Å². The van der Waals surface area contributed by atoms with Crippen LogP contribution in [0.4, 0.5) is 0 Å². The molecule has 3 nitrogen and oxygen atoms in total. The Morgan fingerprint density at radius 2 is 2.14 bits per heavy atom. The second-order valence-corrected chi connectivity index (χ2v) is 3.94. The summed E-state index contributed by atoms with van der Waals surface area (Å²) in [5, 5.41) is 9.76. The number of rotatable bonds is 4. The third-order valence-electron chi connectivity index (χ3n) is 2.12. The van der Waals surface area contributed by atoms with Gasteiger partial charge in [0.15, 0.2) is 0 Å². The second kappa shape index (κ2) is 5.08. The molecule has 0 saturated carbocycles. The lowest BCUT2D eigenvalue weighted by molar-refractivity contribution is 0.146. The smallest absolute Gasteiger partial charge is 0.0962 e. The van der Waals surface area contributed by atoms with Crippen LogP contribution in [0.3, 0.4) is 0 Å². The molecule has 1 heterocycles. The molecule has 1 aromatic heterocycles. The molecule has 1 aromatic rings. The van der Waals surface area contributed by atoms with Crippen LogP contribution in [0.15, 0.2) is 18.3 Å². The van der Waals surface area contributed by atoms with Crippen molar-refractivity contribution in [3.05, 3.63) is 29.6 Å². The van der Waals surface area contributed by atoms with Crippen LogP contribution in [-0.2, 0) is 6.54 Å². The largest absolute Gasteiger partial charge is 0.387 e. The van der Waals surface area contributed by atoms with Crippen LogP contribution >= 0.6 is 0 Å². The van der Waals surface area contributed by atoms with E-state index in [4.69, 9.17) is 5.73 Å². The Morgan fingerprint density at radius 3 is 2.57 bits per heavy atom. The molecule has 0 radical (unpaired) electrons. The normalized spacial score (nSPS) is 13.2. The van der Waals surface area contributed by atoms with Crippen molar-refractivity contribution in [3.8, 4) is 0 Å². The van der Waals surface area contributed by atoms with Crippen LogP contribution in [0.2, 0.25) is 0 Å². The molecule has 1 atom stereocenters. The lowest BCUT2D eigenvalue weighted by atomic mass is 10.0. The molecule has 0 aliphatic rings. The third kappa shape index (κ3) is 3.09. The van der Waals surface area contributed by atoms with E-state index in [1.165, 1.54) is 0 Å². The van der Waals surface area contributed by atoms with Crippen LogP contribution < -0.4 is 5.73 Å². The summed E-state index contributed by atoms with van der Waals surface area (Å²) in [6, 6.07) is 3.75. The third-order valence-corrected chi connectivity index (χ3v) is 2.12. The molecule has 0 aliphatic carbocycles. The van der Waals surface area contributed by atoms with Crippen molar-refractivity contribution >= 4 is 0 Å². The number of aliphatic hydroxyl groups is 1. The van der Waals surface area contributed by atoms with Gasteiger partial charge >= 0.3 is 0 Å². The molecule has 0 amide bonds. The van der Waals surface area contributed by atoms with E-state index in [0.29, 0.717) is 12.5 Å². The minimum Gasteiger partial charge on any atom is -0.387 e. The lowest BCUT2D eigenvalue weighted by Gasteiger charge is -2.12. The monoisotopic (exact) mass is 194 g/mol. The quantitative estimate of drug-likeness (QED) is 0.765. The van der Waals surface area contributed by atoms with E-state index >= 15 is 0 Å². The van der Waals surface area contributed by atoms with E-state index in [-0.39, 0.29) is 0 Å². The standard InChI is InChI=1S/C11H18N2O/c1-8(2)5-11(14)10-4-3-9(6-12)7-13-10/h3-4,7-8,11,14H,5-6,12H2,1-2H3. The summed E-state index contributed by atoms with van der Waals surface area (Å²) in [6.45, 7) is 4.66. The number of aliphatic hydroxyl groups excluding tert-OH is 1. The Hall–Kier alpha value is -0.930. The molecule has 14 heavy (non-hydrogen) atoms. The molecule has 0 aliphatic heterocycles. The van der Waals surface area contributed by atoms with Gasteiger partial charge in [0.1, 0.15) is 0 Å². The van der Waals surface area contributed by atoms with Gasteiger partial charge in [-0.3, -0.25) is 4.98 Å². The molecule has 0 saturated heterocycles. The lowest BCUT2D eigenvalue weighted by Crippen LogP contribution is -2.05. The maximum atomic E-state index is 9.76. The predicted octanol–water partition coefficient (Wildman–Crippen LogP) is 1.62. The SMILES string of the molecule is CC(C)CC(O)c1ccc(CN)cn1. The highest BCUT2D eigenvalue weighted by Crippen LogP contribution is 2.18. The highest BCUT2D eigenvalue weighted by Gasteiger charge is 2.10. The summed E-state index contributed by atoms with van der Waals surface area (Å²) in [5.41, 5.74) is 7.18. The maximum Gasteiger partial charge on any atom is 0.0962 e. The minimum absolute atomic E-state index is 0.457. The Bertz CT molecular complexity index is 269. The van der Waals surface area contributed by atoms with Gasteiger partial charge < -0.3 is 10.8 Å². The second-order valence-electron chi connectivity index (χ2n) is 3.94. The Kier molecular flexibility index (Phi) is 4.04. The molecule has 1 unspecified atom stereocenters. The molecule has 0 bridgehead atoms. The van der Waals surface area contributed by atoms with Crippen molar-refractivity contribution in [1.29, 1.82) is 0 Å². The number of aromatic nitrogens is 1. The summed E-state index contributed by atoms with van der Waals surface area (Å²) in [5.74, 6) is 0.473. The van der Waals surface area contributed by atoms with Gasteiger partial charge in [0.2, 0.25) is 0 Å². The Labute approximate surface area is 85.0 Å². The molecule has 78 valence electrons. The van der Waals surface area contributed by atoms with Crippen molar-refractivity contribution in [1.82, 2.24) is 4.98 Å². The molecular formula is C11H18N2O. The first-order chi connectivity index (χ1) is 6.63. The molecule has 3 N–H and O–H groups in total. The molecule has 0 fully saturated rings. The van der Waals surface area contributed by atoms with Crippen molar-refractivity contribution in [2.75, 3.05) is 0 Å². The van der Waals surface area contributed by atoms with Crippen LogP contribution in [0.1, 0.15) is 37.6 Å². The van der Waals surface area contributed by atoms with Crippen molar-refractivity contribution < 1.29 is 5.11 Å². The van der Waals surface area contributed by atoms with E-state index in [2.05, 4.69) is 18.8 Å². The molecule has 1 rings (SSSR count). The van der Waals surface area contributed by atoms with Gasteiger partial charge in [-0.1, -0.05) is 19.9 Å². The van der Waals surface area contributed by atoms with Gasteiger partial charge in [-0.15, -0.1) is 0 Å². The van der Waals surface area contributed by atoms with Gasteiger partial charge in [-0.05, 0) is 24.0 Å². The topological polar surface area (TPSA) is 59.1 Å². The van der Waals surface area contributed by atoms with E-state index in [1.54, 1.807) is 6.20 Å². The van der Waals surface area contributed by atoms with Gasteiger partial charge in [0.25, 0.3) is 0 Å². The zero-order chi connectivity index (χ0) is 10.6. The van der Waals surface area contributed by atoms with Gasteiger partial charge in [0, 0.05) is 12.7 Å². The van der Waals surface area contributed by atoms with Crippen LogP contribution in [0, 0.1) is 5.92 Å². The highest BCUT2D eigenvalue weighted by atomic mass is 16.3. The summed E-state index contributed by atoms with van der Waals surface area (Å²) < 4.78 is 0. The van der Waals surface area contributed by atoms with Crippen LogP contribution in [0.5, 0.6) is 0 Å². The van der Waals surface area contributed by atoms with Crippen molar-refractivity contribution in [2.45, 2.75) is 32.9 Å². The first-order valence-corrected chi connectivity index (χ1v) is 4.96. The first kappa shape index (κ1) is 11.1. The zero-order valence-corrected chi connectivity index (χ0v) is 8.77. The number of nitrogens with two attached hydrogens (primary N) is 1. The fraction of sp³-hybridized carbons (Fsp3) is 0.545. The van der Waals surface area contributed by atoms with Gasteiger partial charge in [0.05, 0.1) is 11.8 Å². The highest BCUT2D eigenvalue weighted by molar-refractivity contribution is 5.15. The fourth-order valence-electron chi connectivity index (χ4n) is 1.32. The number of nitrogens with zero attached hydrogens (tertiary/aromatic N) is 1. The summed E-state index contributed by atoms with van der Waals surface area (Å²) in [4.78, 5) is 4.17. The molecular weight excluding hydrogens is 176 g/mol. The Balaban J connectivity index is 2.66. The summed E-state index contributed by atoms with van der Waals surface area (Å²) in [7, 11) is 0. The molecule has 0 spiro atoms. The van der Waals surface area contributed by atoms with Crippen LogP contribution in [0.25, 0.3) is 0 Å². The van der Waals surface area contributed by atoms with Gasteiger partial charge in [-0.2, -0.15) is 0 Å². The van der Waals surface area contributed by atoms with E-state index in [0.717, 1.165) is 17.7 Å².